The third-order valence-corrected chi connectivity index (χ3v) is 5.06. The quantitative estimate of drug-likeness (QED) is 0.819. The first-order valence-corrected chi connectivity index (χ1v) is 9.05. The first-order valence-electron chi connectivity index (χ1n) is 9.05. The van der Waals surface area contributed by atoms with Gasteiger partial charge in [0, 0.05) is 25.5 Å². The molecule has 4 heteroatoms. The number of Topliss-reactive ketones (excluding diaryl/α,β-unsaturated/α-hetero) is 1. The van der Waals surface area contributed by atoms with E-state index < -0.39 is 0 Å². The number of rotatable bonds is 6. The number of nitrogens with zero attached hydrogens (tertiary/aromatic N) is 1. The van der Waals surface area contributed by atoms with Gasteiger partial charge >= 0.3 is 0 Å². The lowest BCUT2D eigenvalue weighted by Gasteiger charge is -2.48. The van der Waals surface area contributed by atoms with Crippen molar-refractivity contribution in [2.24, 2.45) is 0 Å². The van der Waals surface area contributed by atoms with Crippen molar-refractivity contribution in [2.45, 2.75) is 32.4 Å². The second-order valence-corrected chi connectivity index (χ2v) is 6.67. The van der Waals surface area contributed by atoms with E-state index in [2.05, 4.69) is 12.2 Å². The van der Waals surface area contributed by atoms with Crippen LogP contribution in [0, 0.1) is 0 Å². The van der Waals surface area contributed by atoms with Crippen molar-refractivity contribution in [1.29, 1.82) is 0 Å². The summed E-state index contributed by atoms with van der Waals surface area (Å²) < 4.78 is 0.326. The van der Waals surface area contributed by atoms with E-state index >= 15 is 0 Å². The van der Waals surface area contributed by atoms with E-state index in [9.17, 15) is 4.79 Å². The van der Waals surface area contributed by atoms with Gasteiger partial charge in [-0.3, -0.25) is 4.79 Å². The Morgan fingerprint density at radius 1 is 1.16 bits per heavy atom. The van der Waals surface area contributed by atoms with E-state index in [0.29, 0.717) is 4.65 Å². The van der Waals surface area contributed by atoms with Gasteiger partial charge in [0.05, 0.1) is 6.54 Å². The summed E-state index contributed by atoms with van der Waals surface area (Å²) in [4.78, 5) is 19.4. The molecule has 3 atom stereocenters. The molecule has 1 fully saturated rings. The molecule has 1 heterocycles. The fourth-order valence-electron chi connectivity index (χ4n) is 3.93. The van der Waals surface area contributed by atoms with Crippen LogP contribution in [-0.4, -0.2) is 36.1 Å². The Kier molecular flexibility index (Phi) is 5.51. The number of para-hydroxylation sites is 1. The molecule has 0 aliphatic carbocycles. The maximum atomic E-state index is 12.8. The van der Waals surface area contributed by atoms with Crippen LogP contribution in [0.4, 0.5) is 0 Å². The van der Waals surface area contributed by atoms with Gasteiger partial charge in [0.15, 0.2) is 11.5 Å². The van der Waals surface area contributed by atoms with Crippen LogP contribution in [0.2, 0.25) is 0 Å². The Hall–Kier alpha value is -2.17. The molecule has 3 unspecified atom stereocenters. The molecule has 1 aliphatic heterocycles. The molecular formula is C21H27N2O2+. The molecule has 0 radical (unpaired) electrons. The molecule has 1 saturated heterocycles. The van der Waals surface area contributed by atoms with Crippen molar-refractivity contribution in [3.05, 3.63) is 66.2 Å². The maximum Gasteiger partial charge on any atom is 0.212 e. The summed E-state index contributed by atoms with van der Waals surface area (Å²) in [5.74, 6) is 0.951. The van der Waals surface area contributed by atoms with Gasteiger partial charge in [-0.15, -0.1) is 4.65 Å². The molecule has 4 nitrogen and oxygen atoms in total. The number of nitrogens with one attached hydrogen (secondary N) is 1. The van der Waals surface area contributed by atoms with Crippen molar-refractivity contribution < 1.29 is 14.3 Å². The van der Waals surface area contributed by atoms with Gasteiger partial charge in [0.1, 0.15) is 12.6 Å². The number of carbonyl (C=O) groups is 1. The molecule has 0 spiro atoms. The van der Waals surface area contributed by atoms with Crippen molar-refractivity contribution in [3.63, 3.8) is 0 Å². The van der Waals surface area contributed by atoms with Crippen LogP contribution in [0.1, 0.15) is 31.9 Å². The average molecular weight is 339 g/mol. The van der Waals surface area contributed by atoms with Gasteiger partial charge in [-0.1, -0.05) is 55.5 Å². The van der Waals surface area contributed by atoms with Crippen LogP contribution in [0.5, 0.6) is 5.75 Å². The number of hydrogen-bond donors (Lipinski definition) is 1. The highest BCUT2D eigenvalue weighted by Crippen LogP contribution is 2.36. The minimum absolute atomic E-state index is 0.141. The molecule has 0 amide bonds. The van der Waals surface area contributed by atoms with Gasteiger partial charge in [-0.25, -0.2) is 0 Å². The van der Waals surface area contributed by atoms with E-state index in [-0.39, 0.29) is 17.9 Å². The third kappa shape index (κ3) is 3.60. The molecule has 1 N–H and O–H groups in total. The number of carbonyl (C=O) groups excluding carboxylic acids is 1. The van der Waals surface area contributed by atoms with Crippen LogP contribution in [0.15, 0.2) is 60.7 Å². The highest BCUT2D eigenvalue weighted by atomic mass is 16.7. The number of quaternary nitrogens is 1. The van der Waals surface area contributed by atoms with E-state index in [1.54, 1.807) is 6.92 Å². The van der Waals surface area contributed by atoms with E-state index in [1.807, 2.05) is 60.7 Å². The zero-order valence-electron chi connectivity index (χ0n) is 15.0. The largest absolute Gasteiger partial charge is 0.314 e. The standard InChI is InChI=1S/C21H27N2O2/c1-3-19-16-22-14-15-23(19,25-20-12-8-5-9-13-20)21(17(2)24)18-10-6-4-7-11-18/h4-13,19,21-22H,3,14-16H2,1-2H3/q+1. The van der Waals surface area contributed by atoms with Crippen LogP contribution >= 0.6 is 0 Å². The van der Waals surface area contributed by atoms with Gasteiger partial charge in [-0.2, -0.15) is 0 Å². The summed E-state index contributed by atoms with van der Waals surface area (Å²) in [6.45, 7) is 6.29. The molecule has 0 bridgehead atoms. The summed E-state index contributed by atoms with van der Waals surface area (Å²) in [6.07, 6.45) is 0.941. The van der Waals surface area contributed by atoms with Crippen LogP contribution in [-0.2, 0) is 4.79 Å². The monoisotopic (exact) mass is 339 g/mol. The predicted octanol–water partition coefficient (Wildman–Crippen LogP) is 3.51. The summed E-state index contributed by atoms with van der Waals surface area (Å²) in [5.41, 5.74) is 1.02. The van der Waals surface area contributed by atoms with Gasteiger partial charge in [0.2, 0.25) is 6.04 Å². The smallest absolute Gasteiger partial charge is 0.212 e. The second kappa shape index (κ2) is 7.81. The summed E-state index contributed by atoms with van der Waals surface area (Å²) in [6, 6.07) is 19.8. The van der Waals surface area contributed by atoms with E-state index in [4.69, 9.17) is 4.84 Å². The second-order valence-electron chi connectivity index (χ2n) is 6.67. The van der Waals surface area contributed by atoms with Gasteiger partial charge < -0.3 is 10.2 Å². The minimum Gasteiger partial charge on any atom is -0.314 e. The fraction of sp³-hybridized carbons (Fsp3) is 0.381. The van der Waals surface area contributed by atoms with Gasteiger partial charge in [-0.05, 0) is 12.1 Å². The molecule has 3 rings (SSSR count). The normalized spacial score (nSPS) is 24.5. The molecule has 0 saturated carbocycles. The molecule has 0 aromatic heterocycles. The number of piperazine rings is 1. The van der Waals surface area contributed by atoms with Crippen LogP contribution in [0.3, 0.4) is 0 Å². The summed E-state index contributed by atoms with van der Waals surface area (Å²) in [5, 5.41) is 3.46. The minimum atomic E-state index is -0.326. The third-order valence-electron chi connectivity index (χ3n) is 5.06. The molecular weight excluding hydrogens is 312 g/mol. The van der Waals surface area contributed by atoms with Crippen LogP contribution < -0.4 is 10.2 Å². The van der Waals surface area contributed by atoms with Gasteiger partial charge in [0.25, 0.3) is 0 Å². The Morgan fingerprint density at radius 3 is 2.40 bits per heavy atom. The number of hydroxylamine groups is 3. The van der Waals surface area contributed by atoms with E-state index in [0.717, 1.165) is 37.4 Å². The summed E-state index contributed by atoms with van der Waals surface area (Å²) >= 11 is 0. The van der Waals surface area contributed by atoms with Crippen molar-refractivity contribution >= 4 is 5.78 Å². The molecule has 132 valence electrons. The topological polar surface area (TPSA) is 38.3 Å². The Balaban J connectivity index is 2.09. The SMILES string of the molecule is CCC1CNCC[N+]1(Oc1ccccc1)C(C(C)=O)c1ccccc1. The summed E-state index contributed by atoms with van der Waals surface area (Å²) in [7, 11) is 0. The number of ketones is 1. The highest BCUT2D eigenvalue weighted by molar-refractivity contribution is 5.81. The molecule has 2 aromatic rings. The first-order chi connectivity index (χ1) is 12.2. The lowest BCUT2D eigenvalue weighted by atomic mass is 9.96. The predicted molar refractivity (Wildman–Crippen MR) is 99.0 cm³/mol. The highest BCUT2D eigenvalue weighted by Gasteiger charge is 2.51. The average Bonchev–Trinajstić information content (AvgIpc) is 2.63. The number of benzene rings is 2. The fourth-order valence-corrected chi connectivity index (χ4v) is 3.93. The molecule has 25 heavy (non-hydrogen) atoms. The first kappa shape index (κ1) is 17.6. The molecule has 1 aliphatic rings. The Morgan fingerprint density at radius 2 is 1.80 bits per heavy atom. The van der Waals surface area contributed by atoms with Crippen molar-refractivity contribution in [2.75, 3.05) is 19.6 Å². The Labute approximate surface area is 150 Å². The number of hydrogen-bond acceptors (Lipinski definition) is 3. The zero-order chi connectivity index (χ0) is 17.7. The van der Waals surface area contributed by atoms with E-state index in [1.165, 1.54) is 0 Å². The van der Waals surface area contributed by atoms with Crippen molar-refractivity contribution in [3.8, 4) is 5.75 Å². The Bertz CT molecular complexity index is 690. The molecule has 2 aromatic carbocycles. The lowest BCUT2D eigenvalue weighted by Crippen LogP contribution is -2.68. The lowest BCUT2D eigenvalue weighted by molar-refractivity contribution is -1.11. The zero-order valence-corrected chi connectivity index (χ0v) is 15.0. The maximum absolute atomic E-state index is 12.8. The van der Waals surface area contributed by atoms with Crippen molar-refractivity contribution in [1.82, 2.24) is 5.32 Å². The van der Waals surface area contributed by atoms with Crippen LogP contribution in [0.25, 0.3) is 0 Å².